The molecule has 0 bridgehead atoms. The van der Waals surface area contributed by atoms with Crippen molar-refractivity contribution >= 4 is 0 Å². The molecule has 0 unspecified atom stereocenters. The van der Waals surface area contributed by atoms with Gasteiger partial charge in [-0.3, -0.25) is 0 Å². The first kappa shape index (κ1) is 16.9. The lowest BCUT2D eigenvalue weighted by molar-refractivity contribution is -1.92. The lowest BCUT2D eigenvalue weighted by atomic mass is 9.85. The van der Waals surface area contributed by atoms with Crippen molar-refractivity contribution in [3.05, 3.63) is 0 Å². The quantitative estimate of drug-likeness (QED) is 0.222. The SMILES string of the molecule is OC1C(O)C(O)C(O)C(O)C1O.[O-][Cl+3]([O-])([O-])O. The van der Waals surface area contributed by atoms with Gasteiger partial charge in [0.1, 0.15) is 36.6 Å². The van der Waals surface area contributed by atoms with E-state index < -0.39 is 46.9 Å². The van der Waals surface area contributed by atoms with Crippen LogP contribution in [0.1, 0.15) is 0 Å². The highest BCUT2D eigenvalue weighted by molar-refractivity contribution is 4.98. The minimum absolute atomic E-state index is 1.64. The Labute approximate surface area is 97.0 Å². The number of aliphatic hydroxyl groups excluding tert-OH is 6. The first-order valence-corrected chi connectivity index (χ1v) is 5.45. The first-order valence-electron chi connectivity index (χ1n) is 4.18. The van der Waals surface area contributed by atoms with Gasteiger partial charge in [0.25, 0.3) is 0 Å². The second kappa shape index (κ2) is 6.17. The molecule has 11 heteroatoms. The Bertz CT molecular complexity index is 167. The topological polar surface area (TPSA) is 211 Å². The van der Waals surface area contributed by atoms with Crippen LogP contribution < -0.4 is 14.0 Å². The summed E-state index contributed by atoms with van der Waals surface area (Å²) in [5.74, 6) is 0. The van der Waals surface area contributed by atoms with Crippen molar-refractivity contribution in [3.8, 4) is 0 Å². The standard InChI is InChI=1S/C6H12O6.ClHO4/c7-1-2(8)4(10)6(12)5(11)3(1)9;2-1(3,4)5/h1-12H;(H,2,3,4,5). The monoisotopic (exact) mass is 280 g/mol. The third kappa shape index (κ3) is 5.37. The van der Waals surface area contributed by atoms with Crippen molar-refractivity contribution in [1.29, 1.82) is 0 Å². The molecule has 1 aliphatic rings. The zero-order valence-electron chi connectivity index (χ0n) is 8.20. The van der Waals surface area contributed by atoms with E-state index in [1.807, 2.05) is 0 Å². The molecule has 0 heterocycles. The van der Waals surface area contributed by atoms with Gasteiger partial charge in [0.15, 0.2) is 0 Å². The van der Waals surface area contributed by atoms with Crippen molar-refractivity contribution < 1.29 is 59.5 Å². The summed E-state index contributed by atoms with van der Waals surface area (Å²) >= 11 is 0. The zero-order valence-corrected chi connectivity index (χ0v) is 8.95. The number of hydrogen-bond acceptors (Lipinski definition) is 10. The number of hydrogen-bond donors (Lipinski definition) is 7. The number of aliphatic hydroxyl groups is 6. The molecule has 1 rings (SSSR count). The Balaban J connectivity index is 0.000000437. The maximum Gasteiger partial charge on any atom is 0.111 e. The Hall–Kier alpha value is -0.110. The minimum Gasteiger partial charge on any atom is -0.387 e. The molecule has 17 heavy (non-hydrogen) atoms. The van der Waals surface area contributed by atoms with Crippen LogP contribution in [0.4, 0.5) is 0 Å². The summed E-state index contributed by atoms with van der Waals surface area (Å²) in [6.45, 7) is 0. The Kier molecular flexibility index (Phi) is 6.13. The third-order valence-electron chi connectivity index (χ3n) is 2.10. The summed E-state index contributed by atoms with van der Waals surface area (Å²) in [6, 6.07) is 0. The lowest BCUT2D eigenvalue weighted by Gasteiger charge is -2.39. The molecule has 1 fully saturated rings. The van der Waals surface area contributed by atoms with Crippen molar-refractivity contribution in [3.63, 3.8) is 0 Å². The third-order valence-corrected chi connectivity index (χ3v) is 2.10. The molecular formula is C6H13ClO10. The molecule has 1 saturated carbocycles. The fourth-order valence-electron chi connectivity index (χ4n) is 1.21. The Morgan fingerprint density at radius 1 is 0.529 bits per heavy atom. The molecule has 0 aromatic rings. The molecule has 7 N–H and O–H groups in total. The Morgan fingerprint density at radius 2 is 0.588 bits per heavy atom. The van der Waals surface area contributed by atoms with Gasteiger partial charge < -0.3 is 30.6 Å². The molecule has 0 aromatic heterocycles. The second-order valence-corrected chi connectivity index (χ2v) is 4.13. The predicted octanol–water partition coefficient (Wildman–Crippen LogP) is -7.96. The van der Waals surface area contributed by atoms with Crippen LogP contribution in [-0.4, -0.2) is 71.9 Å². The molecule has 0 aliphatic heterocycles. The summed E-state index contributed by atoms with van der Waals surface area (Å²) in [5, 5.41) is 53.8. The van der Waals surface area contributed by atoms with Gasteiger partial charge in [-0.05, 0) is 0 Å². The molecule has 0 radical (unpaired) electrons. The van der Waals surface area contributed by atoms with E-state index >= 15 is 0 Å². The average Bonchev–Trinajstić information content (AvgIpc) is 2.18. The van der Waals surface area contributed by atoms with Gasteiger partial charge >= 0.3 is 0 Å². The van der Waals surface area contributed by atoms with Gasteiger partial charge in [-0.15, -0.1) is 0 Å². The van der Waals surface area contributed by atoms with Gasteiger partial charge in [0, 0.05) is 0 Å². The smallest absolute Gasteiger partial charge is 0.111 e. The molecule has 0 saturated heterocycles. The summed E-state index contributed by atoms with van der Waals surface area (Å²) in [4.78, 5) is 0. The van der Waals surface area contributed by atoms with E-state index in [-0.39, 0.29) is 0 Å². The molecule has 0 spiro atoms. The maximum atomic E-state index is 8.97. The van der Waals surface area contributed by atoms with Crippen molar-refractivity contribution in [2.75, 3.05) is 0 Å². The van der Waals surface area contributed by atoms with E-state index in [4.69, 9.17) is 49.3 Å². The van der Waals surface area contributed by atoms with Gasteiger partial charge in [0.2, 0.25) is 0 Å². The van der Waals surface area contributed by atoms with Crippen LogP contribution in [0.2, 0.25) is 0 Å². The van der Waals surface area contributed by atoms with Crippen LogP contribution in [0.3, 0.4) is 0 Å². The highest BCUT2D eigenvalue weighted by Gasteiger charge is 2.47. The Morgan fingerprint density at radius 3 is 0.647 bits per heavy atom. The first-order chi connectivity index (χ1) is 7.46. The fourth-order valence-corrected chi connectivity index (χ4v) is 1.21. The minimum atomic E-state index is -4.69. The molecular weight excluding hydrogens is 268 g/mol. The normalized spacial score (nSPS) is 42.7. The lowest BCUT2D eigenvalue weighted by Crippen LogP contribution is -2.63. The van der Waals surface area contributed by atoms with Gasteiger partial charge in [-0.1, -0.05) is 0 Å². The van der Waals surface area contributed by atoms with Crippen LogP contribution >= 0.6 is 0 Å². The van der Waals surface area contributed by atoms with Gasteiger partial charge in [0.05, 0.1) is 14.9 Å². The average molecular weight is 281 g/mol. The second-order valence-electron chi connectivity index (χ2n) is 3.34. The van der Waals surface area contributed by atoms with E-state index in [2.05, 4.69) is 0 Å². The van der Waals surface area contributed by atoms with Crippen molar-refractivity contribution in [1.82, 2.24) is 0 Å². The van der Waals surface area contributed by atoms with Gasteiger partial charge in [-0.25, -0.2) is 0 Å². The zero-order chi connectivity index (χ0) is 14.0. The highest BCUT2D eigenvalue weighted by Crippen LogP contribution is 2.20. The van der Waals surface area contributed by atoms with Crippen LogP contribution in [-0.2, 0) is 0 Å². The van der Waals surface area contributed by atoms with Crippen molar-refractivity contribution in [2.24, 2.45) is 0 Å². The van der Waals surface area contributed by atoms with Crippen LogP contribution in [0.15, 0.2) is 0 Å². The van der Waals surface area contributed by atoms with E-state index in [0.29, 0.717) is 0 Å². The van der Waals surface area contributed by atoms with E-state index in [1.54, 1.807) is 0 Å². The van der Waals surface area contributed by atoms with Crippen LogP contribution in [0.5, 0.6) is 0 Å². The van der Waals surface area contributed by atoms with Gasteiger partial charge in [-0.2, -0.15) is 14.0 Å². The largest absolute Gasteiger partial charge is 0.387 e. The van der Waals surface area contributed by atoms with E-state index in [1.165, 1.54) is 0 Å². The van der Waals surface area contributed by atoms with E-state index in [0.717, 1.165) is 0 Å². The molecule has 0 atom stereocenters. The van der Waals surface area contributed by atoms with E-state index in [9.17, 15) is 0 Å². The van der Waals surface area contributed by atoms with Crippen LogP contribution in [0, 0.1) is 10.2 Å². The predicted molar refractivity (Wildman–Crippen MR) is 38.3 cm³/mol. The summed E-state index contributed by atoms with van der Waals surface area (Å²) in [7, 11) is -4.69. The molecule has 10 nitrogen and oxygen atoms in total. The highest BCUT2D eigenvalue weighted by atomic mass is 35.7. The summed E-state index contributed by atoms with van der Waals surface area (Å²) < 4.78 is 32.7. The van der Waals surface area contributed by atoms with Crippen LogP contribution in [0.25, 0.3) is 0 Å². The fraction of sp³-hybridized carbons (Fsp3) is 1.00. The number of rotatable bonds is 0. The molecule has 104 valence electrons. The summed E-state index contributed by atoms with van der Waals surface area (Å²) in [6.07, 6.45) is -9.84. The maximum absolute atomic E-state index is 8.97. The summed E-state index contributed by atoms with van der Waals surface area (Å²) in [5.41, 5.74) is 0. The number of halogens is 1. The molecule has 0 amide bonds. The van der Waals surface area contributed by atoms with Crippen molar-refractivity contribution in [2.45, 2.75) is 36.6 Å². The molecule has 0 aromatic carbocycles. The molecule has 1 aliphatic carbocycles.